The van der Waals surface area contributed by atoms with Gasteiger partial charge in [-0.25, -0.2) is 0 Å². The minimum absolute atomic E-state index is 0.136. The van der Waals surface area contributed by atoms with Crippen LogP contribution < -0.4 is 5.32 Å². The normalized spacial score (nSPS) is 18.6. The van der Waals surface area contributed by atoms with Crippen molar-refractivity contribution in [3.8, 4) is 0 Å². The molecule has 5 heteroatoms. The molecule has 1 saturated heterocycles. The molecule has 1 aliphatic heterocycles. The average Bonchev–Trinajstić information content (AvgIpc) is 2.39. The minimum Gasteiger partial charge on any atom is -0.453 e. The molecule has 2 N–H and O–H groups in total. The van der Waals surface area contributed by atoms with Gasteiger partial charge >= 0.3 is 5.97 Å². The van der Waals surface area contributed by atoms with E-state index in [9.17, 15) is 4.79 Å². The van der Waals surface area contributed by atoms with Gasteiger partial charge in [-0.1, -0.05) is 50.7 Å². The van der Waals surface area contributed by atoms with Crippen molar-refractivity contribution in [3.63, 3.8) is 0 Å². The summed E-state index contributed by atoms with van der Waals surface area (Å²) in [6.45, 7) is 5.76. The topological polar surface area (TPSA) is 42.9 Å². The molecule has 0 atom stereocenters. The van der Waals surface area contributed by atoms with Crippen LogP contribution in [0.15, 0.2) is 28.7 Å². The van der Waals surface area contributed by atoms with Crippen molar-refractivity contribution in [3.05, 3.63) is 34.3 Å². The first-order chi connectivity index (χ1) is 9.33. The van der Waals surface area contributed by atoms with E-state index in [1.54, 1.807) is 0 Å². The molecule has 1 aliphatic rings. The van der Waals surface area contributed by atoms with Gasteiger partial charge in [0.1, 0.15) is 9.02 Å². The molecule has 1 heterocycles. The molecule has 0 amide bonds. The molecule has 1 fully saturated rings. The number of hydrogen-bond donors (Lipinski definition) is 1. The van der Waals surface area contributed by atoms with Gasteiger partial charge in [-0.3, -0.25) is 4.79 Å². The maximum absolute atomic E-state index is 12.3. The molecular formula is C15H20BrINO2+. The number of nitrogens with two attached hydrogens (primary N) is 1. The second kappa shape index (κ2) is 6.32. The van der Waals surface area contributed by atoms with Gasteiger partial charge in [0, 0.05) is 17.3 Å². The molecule has 2 rings (SSSR count). The van der Waals surface area contributed by atoms with E-state index in [0.717, 1.165) is 36.0 Å². The number of ether oxygens (including phenoxy) is 1. The maximum atomic E-state index is 12.3. The Morgan fingerprint density at radius 2 is 1.85 bits per heavy atom. The lowest BCUT2D eigenvalue weighted by Gasteiger charge is -2.37. The van der Waals surface area contributed by atoms with Gasteiger partial charge in [-0.05, 0) is 31.5 Å². The molecule has 20 heavy (non-hydrogen) atoms. The number of quaternary nitrogens is 1. The van der Waals surface area contributed by atoms with Crippen molar-refractivity contribution in [2.75, 3.05) is 13.1 Å². The Morgan fingerprint density at radius 3 is 2.35 bits per heavy atom. The van der Waals surface area contributed by atoms with Crippen molar-refractivity contribution in [1.82, 2.24) is 0 Å². The minimum atomic E-state index is -0.499. The molecular weight excluding hydrogens is 433 g/mol. The van der Waals surface area contributed by atoms with Gasteiger partial charge in [0.05, 0.1) is 13.1 Å². The second-order valence-electron chi connectivity index (χ2n) is 5.73. The predicted molar refractivity (Wildman–Crippen MR) is 90.9 cm³/mol. The molecule has 0 aromatic heterocycles. The smallest absolute Gasteiger partial charge is 0.322 e. The van der Waals surface area contributed by atoms with E-state index in [4.69, 9.17) is 4.74 Å². The lowest BCUT2D eigenvalue weighted by molar-refractivity contribution is -0.668. The lowest BCUT2D eigenvalue weighted by Crippen LogP contribution is -2.87. The van der Waals surface area contributed by atoms with E-state index < -0.39 is 9.02 Å². The van der Waals surface area contributed by atoms with Crippen LogP contribution in [0.3, 0.4) is 0 Å². The Kier molecular flexibility index (Phi) is 5.13. The molecule has 1 aromatic carbocycles. The molecule has 0 radical (unpaired) electrons. The number of benzene rings is 1. The second-order valence-corrected chi connectivity index (χ2v) is 9.34. The fraction of sp³-hybridized carbons (Fsp3) is 0.533. The zero-order valence-corrected chi connectivity index (χ0v) is 15.5. The molecule has 3 nitrogen and oxygen atoms in total. The molecule has 0 unspecified atom stereocenters. The summed E-state index contributed by atoms with van der Waals surface area (Å²) in [7, 11) is 0. The standard InChI is InChI=1S/C15H19BrINO2/c1-14(2,17)13(19)20-15(7-9-18-10-8-15)11-3-5-12(16)6-4-11/h3-6,18H,7-10H2,1-2H3/p+1. The van der Waals surface area contributed by atoms with Crippen LogP contribution in [-0.4, -0.2) is 22.5 Å². The van der Waals surface area contributed by atoms with Gasteiger partial charge in [0.25, 0.3) is 0 Å². The monoisotopic (exact) mass is 452 g/mol. The Labute approximate surface area is 142 Å². The highest BCUT2D eigenvalue weighted by Gasteiger charge is 2.42. The third kappa shape index (κ3) is 3.74. The number of hydrogen-bond acceptors (Lipinski definition) is 2. The van der Waals surface area contributed by atoms with Crippen LogP contribution in [0.25, 0.3) is 0 Å². The Morgan fingerprint density at radius 1 is 1.30 bits per heavy atom. The van der Waals surface area contributed by atoms with Gasteiger partial charge in [0.2, 0.25) is 0 Å². The summed E-state index contributed by atoms with van der Waals surface area (Å²) in [4.78, 5) is 12.3. The first-order valence-electron chi connectivity index (χ1n) is 6.84. The van der Waals surface area contributed by atoms with Gasteiger partial charge < -0.3 is 10.1 Å². The van der Waals surface area contributed by atoms with Gasteiger partial charge in [-0.2, -0.15) is 0 Å². The highest BCUT2D eigenvalue weighted by molar-refractivity contribution is 14.1. The maximum Gasteiger partial charge on any atom is 0.322 e. The quantitative estimate of drug-likeness (QED) is 0.435. The van der Waals surface area contributed by atoms with Crippen LogP contribution >= 0.6 is 38.5 Å². The predicted octanol–water partition coefficient (Wildman–Crippen LogP) is 2.76. The van der Waals surface area contributed by atoms with E-state index >= 15 is 0 Å². The van der Waals surface area contributed by atoms with Crippen LogP contribution in [0.2, 0.25) is 0 Å². The molecule has 0 spiro atoms. The zero-order chi connectivity index (χ0) is 14.8. The van der Waals surface area contributed by atoms with Crippen molar-refractivity contribution in [1.29, 1.82) is 0 Å². The molecule has 0 saturated carbocycles. The van der Waals surface area contributed by atoms with Crippen LogP contribution in [0.4, 0.5) is 0 Å². The van der Waals surface area contributed by atoms with E-state index in [0.29, 0.717) is 0 Å². The third-order valence-corrected chi connectivity index (χ3v) is 4.62. The number of esters is 1. The van der Waals surface area contributed by atoms with Gasteiger partial charge in [0.15, 0.2) is 0 Å². The number of halogens is 2. The van der Waals surface area contributed by atoms with Crippen LogP contribution in [0.1, 0.15) is 32.3 Å². The molecule has 1 aromatic rings. The first-order valence-corrected chi connectivity index (χ1v) is 8.71. The Hall–Kier alpha value is -0.140. The number of carbonyl (C=O) groups excluding carboxylic acids is 1. The summed E-state index contributed by atoms with van der Waals surface area (Å²) in [5, 5.41) is 2.28. The Balaban J connectivity index is 2.30. The van der Waals surface area contributed by atoms with E-state index in [1.807, 2.05) is 26.0 Å². The first kappa shape index (κ1) is 16.2. The average molecular weight is 453 g/mol. The SMILES string of the molecule is CC(C)(I)C(=O)OC1(c2ccc(Br)cc2)CC[NH2+]CC1. The zero-order valence-electron chi connectivity index (χ0n) is 11.8. The third-order valence-electron chi connectivity index (χ3n) is 3.65. The van der Waals surface area contributed by atoms with E-state index in [-0.39, 0.29) is 5.97 Å². The summed E-state index contributed by atoms with van der Waals surface area (Å²) in [5.41, 5.74) is 0.636. The molecule has 0 bridgehead atoms. The number of carbonyl (C=O) groups is 1. The van der Waals surface area contributed by atoms with Crippen molar-refractivity contribution < 1.29 is 14.8 Å². The van der Waals surface area contributed by atoms with E-state index in [2.05, 4.69) is 56.0 Å². The number of piperidine rings is 1. The van der Waals surface area contributed by atoms with Crippen molar-refractivity contribution in [2.24, 2.45) is 0 Å². The molecule has 0 aliphatic carbocycles. The summed E-state index contributed by atoms with van der Waals surface area (Å²) in [6.07, 6.45) is 1.74. The van der Waals surface area contributed by atoms with Crippen molar-refractivity contribution >= 4 is 44.5 Å². The fourth-order valence-electron chi connectivity index (χ4n) is 2.44. The Bertz CT molecular complexity index is 476. The molecule has 110 valence electrons. The lowest BCUT2D eigenvalue weighted by atomic mass is 9.84. The van der Waals surface area contributed by atoms with E-state index in [1.165, 1.54) is 0 Å². The summed E-state index contributed by atoms with van der Waals surface area (Å²) >= 11 is 5.59. The fourth-order valence-corrected chi connectivity index (χ4v) is 2.82. The largest absolute Gasteiger partial charge is 0.453 e. The highest BCUT2D eigenvalue weighted by atomic mass is 127. The van der Waals surface area contributed by atoms with Gasteiger partial charge in [-0.15, -0.1) is 0 Å². The van der Waals surface area contributed by atoms with Crippen LogP contribution in [-0.2, 0) is 15.1 Å². The number of alkyl halides is 1. The van der Waals surface area contributed by atoms with Crippen LogP contribution in [0, 0.1) is 0 Å². The van der Waals surface area contributed by atoms with Crippen LogP contribution in [0.5, 0.6) is 0 Å². The summed E-state index contributed by atoms with van der Waals surface area (Å²) in [5.74, 6) is -0.136. The highest BCUT2D eigenvalue weighted by Crippen LogP contribution is 2.36. The summed E-state index contributed by atoms with van der Waals surface area (Å²) in [6, 6.07) is 8.14. The summed E-state index contributed by atoms with van der Waals surface area (Å²) < 4.78 is 6.53. The number of rotatable bonds is 3. The van der Waals surface area contributed by atoms with Crippen molar-refractivity contribution in [2.45, 2.75) is 35.7 Å².